The molecule has 0 saturated carbocycles. The molecule has 138 valence electrons. The van der Waals surface area contributed by atoms with Crippen LogP contribution in [0.1, 0.15) is 0 Å². The SMILES string of the molecule is COc1cc2c(cc1OC)-c1c(cnn1-c1ccccc1)-c1ccccc1O2. The molecule has 28 heavy (non-hydrogen) atoms. The quantitative estimate of drug-likeness (QED) is 0.431. The van der Waals surface area contributed by atoms with E-state index in [1.54, 1.807) is 14.2 Å². The van der Waals surface area contributed by atoms with Crippen LogP contribution in [0.25, 0.3) is 28.1 Å². The van der Waals surface area contributed by atoms with Gasteiger partial charge in [-0.2, -0.15) is 5.10 Å². The summed E-state index contributed by atoms with van der Waals surface area (Å²) in [4.78, 5) is 0. The smallest absolute Gasteiger partial charge is 0.164 e. The molecule has 0 N–H and O–H groups in total. The molecule has 0 atom stereocenters. The fourth-order valence-corrected chi connectivity index (χ4v) is 3.60. The molecule has 2 heterocycles. The molecule has 0 aliphatic carbocycles. The molecule has 0 bridgehead atoms. The van der Waals surface area contributed by atoms with Crippen LogP contribution in [0, 0.1) is 0 Å². The lowest BCUT2D eigenvalue weighted by atomic mass is 10.0. The van der Waals surface area contributed by atoms with Crippen molar-refractivity contribution in [2.75, 3.05) is 14.2 Å². The highest BCUT2D eigenvalue weighted by Crippen LogP contribution is 2.50. The lowest BCUT2D eigenvalue weighted by molar-refractivity contribution is 0.352. The van der Waals surface area contributed by atoms with Gasteiger partial charge in [0.1, 0.15) is 11.5 Å². The van der Waals surface area contributed by atoms with Crippen molar-refractivity contribution in [2.24, 2.45) is 0 Å². The van der Waals surface area contributed by atoms with E-state index < -0.39 is 0 Å². The fourth-order valence-electron chi connectivity index (χ4n) is 3.60. The van der Waals surface area contributed by atoms with E-state index >= 15 is 0 Å². The van der Waals surface area contributed by atoms with Crippen molar-refractivity contribution in [3.63, 3.8) is 0 Å². The van der Waals surface area contributed by atoms with Gasteiger partial charge >= 0.3 is 0 Å². The van der Waals surface area contributed by atoms with Crippen LogP contribution in [0.2, 0.25) is 0 Å². The van der Waals surface area contributed by atoms with E-state index in [4.69, 9.17) is 19.3 Å². The van der Waals surface area contributed by atoms with Gasteiger partial charge in [-0.25, -0.2) is 4.68 Å². The number of ether oxygens (including phenoxy) is 3. The molecular formula is C23H18N2O3. The first kappa shape index (κ1) is 16.4. The van der Waals surface area contributed by atoms with Crippen molar-refractivity contribution in [2.45, 2.75) is 0 Å². The van der Waals surface area contributed by atoms with Gasteiger partial charge < -0.3 is 14.2 Å². The summed E-state index contributed by atoms with van der Waals surface area (Å²) < 4.78 is 19.3. The predicted molar refractivity (Wildman–Crippen MR) is 108 cm³/mol. The second kappa shape index (κ2) is 6.46. The van der Waals surface area contributed by atoms with E-state index in [2.05, 4.69) is 0 Å². The Bertz CT molecular complexity index is 1170. The third kappa shape index (κ3) is 2.44. The normalized spacial score (nSPS) is 11.5. The van der Waals surface area contributed by atoms with Gasteiger partial charge in [0, 0.05) is 22.8 Å². The summed E-state index contributed by atoms with van der Waals surface area (Å²) in [5.41, 5.74) is 4.82. The average molecular weight is 370 g/mol. The summed E-state index contributed by atoms with van der Waals surface area (Å²) in [6.45, 7) is 0. The molecule has 0 fully saturated rings. The number of hydrogen-bond donors (Lipinski definition) is 0. The van der Waals surface area contributed by atoms with Crippen LogP contribution in [-0.2, 0) is 0 Å². The Morgan fingerprint density at radius 3 is 2.25 bits per heavy atom. The van der Waals surface area contributed by atoms with Gasteiger partial charge in [-0.15, -0.1) is 0 Å². The van der Waals surface area contributed by atoms with Crippen LogP contribution in [0.15, 0.2) is 72.9 Å². The van der Waals surface area contributed by atoms with Gasteiger partial charge in [0.25, 0.3) is 0 Å². The molecule has 1 aliphatic heterocycles. The highest BCUT2D eigenvalue weighted by Gasteiger charge is 2.27. The number of para-hydroxylation sites is 2. The molecule has 5 nitrogen and oxygen atoms in total. The largest absolute Gasteiger partial charge is 0.493 e. The summed E-state index contributed by atoms with van der Waals surface area (Å²) in [7, 11) is 3.25. The molecular weight excluding hydrogens is 352 g/mol. The number of hydrogen-bond acceptors (Lipinski definition) is 4. The first-order chi connectivity index (χ1) is 13.8. The van der Waals surface area contributed by atoms with E-state index in [1.165, 1.54) is 0 Å². The molecule has 1 aromatic heterocycles. The van der Waals surface area contributed by atoms with Crippen LogP contribution in [0.3, 0.4) is 0 Å². The molecule has 0 saturated heterocycles. The van der Waals surface area contributed by atoms with Crippen molar-refractivity contribution in [3.05, 3.63) is 72.9 Å². The lowest BCUT2D eigenvalue weighted by Gasteiger charge is -2.15. The summed E-state index contributed by atoms with van der Waals surface area (Å²) in [6, 6.07) is 21.8. The first-order valence-corrected chi connectivity index (χ1v) is 8.97. The van der Waals surface area contributed by atoms with Crippen LogP contribution in [0.4, 0.5) is 0 Å². The van der Waals surface area contributed by atoms with Crippen LogP contribution >= 0.6 is 0 Å². The zero-order valence-corrected chi connectivity index (χ0v) is 15.5. The summed E-state index contributed by atoms with van der Waals surface area (Å²) >= 11 is 0. The maximum absolute atomic E-state index is 6.30. The van der Waals surface area contributed by atoms with E-state index in [1.807, 2.05) is 77.6 Å². The van der Waals surface area contributed by atoms with E-state index in [9.17, 15) is 0 Å². The van der Waals surface area contributed by atoms with E-state index in [0.717, 1.165) is 33.8 Å². The molecule has 0 radical (unpaired) electrons. The lowest BCUT2D eigenvalue weighted by Crippen LogP contribution is -2.00. The number of fused-ring (bicyclic) bond motifs is 5. The topological polar surface area (TPSA) is 45.5 Å². The van der Waals surface area contributed by atoms with Crippen molar-refractivity contribution in [1.29, 1.82) is 0 Å². The maximum atomic E-state index is 6.30. The van der Waals surface area contributed by atoms with Gasteiger partial charge in [0.05, 0.1) is 31.8 Å². The second-order valence-electron chi connectivity index (χ2n) is 6.46. The minimum Gasteiger partial charge on any atom is -0.493 e. The van der Waals surface area contributed by atoms with Gasteiger partial charge in [0.15, 0.2) is 11.5 Å². The Morgan fingerprint density at radius 1 is 0.750 bits per heavy atom. The first-order valence-electron chi connectivity index (χ1n) is 8.97. The number of nitrogens with zero attached hydrogens (tertiary/aromatic N) is 2. The summed E-state index contributed by atoms with van der Waals surface area (Å²) in [5, 5.41) is 4.69. The van der Waals surface area contributed by atoms with E-state index in [-0.39, 0.29) is 0 Å². The molecule has 0 spiro atoms. The number of benzene rings is 3. The van der Waals surface area contributed by atoms with Crippen molar-refractivity contribution >= 4 is 0 Å². The third-order valence-electron chi connectivity index (χ3n) is 4.91. The molecule has 3 aromatic carbocycles. The number of aromatic nitrogens is 2. The minimum atomic E-state index is 0.618. The monoisotopic (exact) mass is 370 g/mol. The van der Waals surface area contributed by atoms with Crippen molar-refractivity contribution < 1.29 is 14.2 Å². The number of rotatable bonds is 3. The Kier molecular flexibility index (Phi) is 3.79. The van der Waals surface area contributed by atoms with Crippen molar-refractivity contribution in [1.82, 2.24) is 9.78 Å². The maximum Gasteiger partial charge on any atom is 0.164 e. The van der Waals surface area contributed by atoms with Gasteiger partial charge in [-0.3, -0.25) is 0 Å². The second-order valence-corrected chi connectivity index (χ2v) is 6.46. The molecule has 1 aliphatic rings. The standard InChI is InChI=1S/C23H18N2O3/c1-26-21-12-17-20(13-22(21)27-2)28-19-11-7-6-10-16(19)18-14-24-25(23(17)18)15-8-4-3-5-9-15/h3-14H,1-2H3. The highest BCUT2D eigenvalue weighted by molar-refractivity contribution is 5.90. The molecule has 5 heteroatoms. The summed E-state index contributed by atoms with van der Waals surface area (Å²) in [6.07, 6.45) is 1.89. The van der Waals surface area contributed by atoms with Gasteiger partial charge in [-0.1, -0.05) is 36.4 Å². The zero-order chi connectivity index (χ0) is 19.1. The summed E-state index contributed by atoms with van der Waals surface area (Å²) in [5.74, 6) is 2.74. The Balaban J connectivity index is 1.86. The van der Waals surface area contributed by atoms with E-state index in [0.29, 0.717) is 17.2 Å². The molecule has 0 amide bonds. The molecule has 0 unspecified atom stereocenters. The van der Waals surface area contributed by atoms with Gasteiger partial charge in [-0.05, 0) is 24.3 Å². The van der Waals surface area contributed by atoms with Crippen molar-refractivity contribution in [3.8, 4) is 51.1 Å². The van der Waals surface area contributed by atoms with Gasteiger partial charge in [0.2, 0.25) is 0 Å². The Labute approximate surface area is 162 Å². The number of methoxy groups -OCH3 is 2. The minimum absolute atomic E-state index is 0.618. The third-order valence-corrected chi connectivity index (χ3v) is 4.91. The highest BCUT2D eigenvalue weighted by atomic mass is 16.5. The van der Waals surface area contributed by atoms with Crippen LogP contribution in [-0.4, -0.2) is 24.0 Å². The Morgan fingerprint density at radius 2 is 1.46 bits per heavy atom. The molecule has 4 aromatic rings. The van der Waals surface area contributed by atoms with Crippen LogP contribution < -0.4 is 14.2 Å². The predicted octanol–water partition coefficient (Wildman–Crippen LogP) is 5.33. The fraction of sp³-hybridized carbons (Fsp3) is 0.0870. The average Bonchev–Trinajstić information content (AvgIpc) is 3.13. The molecule has 5 rings (SSSR count). The van der Waals surface area contributed by atoms with Crippen LogP contribution in [0.5, 0.6) is 23.0 Å². The Hall–Kier alpha value is -3.73. The zero-order valence-electron chi connectivity index (χ0n) is 15.5.